The molecule has 0 bridgehead atoms. The van der Waals surface area contributed by atoms with Gasteiger partial charge in [0.25, 0.3) is 0 Å². The van der Waals surface area contributed by atoms with Crippen LogP contribution < -0.4 is 23.8 Å². The maximum atomic E-state index is 13.1. The fourth-order valence-corrected chi connectivity index (χ4v) is 3.06. The van der Waals surface area contributed by atoms with Crippen molar-refractivity contribution in [3.63, 3.8) is 0 Å². The largest absolute Gasteiger partial charge is 0.493 e. The summed E-state index contributed by atoms with van der Waals surface area (Å²) < 4.78 is 21.8. The van der Waals surface area contributed by atoms with Gasteiger partial charge in [0.15, 0.2) is 17.3 Å². The van der Waals surface area contributed by atoms with Gasteiger partial charge in [0.1, 0.15) is 5.75 Å². The fourth-order valence-electron chi connectivity index (χ4n) is 3.06. The van der Waals surface area contributed by atoms with E-state index in [2.05, 4.69) is 0 Å². The third kappa shape index (κ3) is 4.83. The monoisotopic (exact) mass is 399 g/mol. The van der Waals surface area contributed by atoms with Gasteiger partial charge in [-0.1, -0.05) is 6.07 Å². The lowest BCUT2D eigenvalue weighted by Crippen LogP contribution is -2.11. The molecule has 0 aliphatic rings. The van der Waals surface area contributed by atoms with E-state index in [1.165, 1.54) is 21.3 Å². The molecule has 0 amide bonds. The molecule has 29 heavy (non-hydrogen) atoms. The molecule has 2 rings (SSSR count). The summed E-state index contributed by atoms with van der Waals surface area (Å²) in [4.78, 5) is 15.1. The van der Waals surface area contributed by atoms with Crippen LogP contribution in [-0.4, -0.2) is 47.8 Å². The van der Waals surface area contributed by atoms with Crippen LogP contribution in [0, 0.1) is 0 Å². The van der Waals surface area contributed by atoms with Crippen molar-refractivity contribution < 1.29 is 23.7 Å². The van der Waals surface area contributed by atoms with Gasteiger partial charge in [-0.15, -0.1) is 0 Å². The van der Waals surface area contributed by atoms with E-state index >= 15 is 0 Å². The minimum Gasteiger partial charge on any atom is -0.493 e. The van der Waals surface area contributed by atoms with E-state index in [0.29, 0.717) is 35.0 Å². The van der Waals surface area contributed by atoms with Gasteiger partial charge in [0, 0.05) is 14.1 Å². The van der Waals surface area contributed by atoms with E-state index < -0.39 is 0 Å². The van der Waals surface area contributed by atoms with Crippen molar-refractivity contribution in [2.75, 3.05) is 46.9 Å². The highest BCUT2D eigenvalue weighted by atomic mass is 16.5. The SMILES string of the molecule is CCOc1ccc(C=C(C)C(=O)c2ccc(OC)c(OC)c2OC)cc1N(C)C. The van der Waals surface area contributed by atoms with Gasteiger partial charge in [-0.3, -0.25) is 4.79 Å². The van der Waals surface area contributed by atoms with E-state index in [1.54, 1.807) is 19.1 Å². The Morgan fingerprint density at radius 3 is 2.17 bits per heavy atom. The molecule has 0 fully saturated rings. The zero-order chi connectivity index (χ0) is 21.6. The van der Waals surface area contributed by atoms with Crippen LogP contribution in [0.3, 0.4) is 0 Å². The summed E-state index contributed by atoms with van der Waals surface area (Å²) in [6, 6.07) is 9.22. The summed E-state index contributed by atoms with van der Waals surface area (Å²) in [5.41, 5.74) is 2.84. The smallest absolute Gasteiger partial charge is 0.204 e. The summed E-state index contributed by atoms with van der Waals surface area (Å²) in [5.74, 6) is 1.91. The molecular weight excluding hydrogens is 370 g/mol. The van der Waals surface area contributed by atoms with Crippen molar-refractivity contribution in [2.45, 2.75) is 13.8 Å². The number of methoxy groups -OCH3 is 3. The first-order chi connectivity index (χ1) is 13.9. The molecule has 0 unspecified atom stereocenters. The number of nitrogens with zero attached hydrogens (tertiary/aromatic N) is 1. The Bertz CT molecular complexity index is 902. The van der Waals surface area contributed by atoms with Gasteiger partial charge in [-0.05, 0) is 55.3 Å². The number of hydrogen-bond acceptors (Lipinski definition) is 6. The standard InChI is InChI=1S/C23H29NO5/c1-8-29-19-11-9-16(14-18(19)24(3)4)13-15(2)21(25)17-10-12-20(26-5)23(28-7)22(17)27-6/h9-14H,8H2,1-7H3. The van der Waals surface area contributed by atoms with Gasteiger partial charge in [0.05, 0.1) is 39.2 Å². The van der Waals surface area contributed by atoms with Crippen molar-refractivity contribution in [3.8, 4) is 23.0 Å². The van der Waals surface area contributed by atoms with Gasteiger partial charge in [-0.25, -0.2) is 0 Å². The molecule has 2 aromatic rings. The first-order valence-electron chi connectivity index (χ1n) is 9.34. The molecule has 156 valence electrons. The second-order valence-corrected chi connectivity index (χ2v) is 6.59. The molecule has 0 aliphatic carbocycles. The molecule has 0 saturated carbocycles. The van der Waals surface area contributed by atoms with Crippen LogP contribution in [0.4, 0.5) is 5.69 Å². The molecule has 0 aliphatic heterocycles. The topological polar surface area (TPSA) is 57.2 Å². The number of benzene rings is 2. The number of anilines is 1. The lowest BCUT2D eigenvalue weighted by atomic mass is 10.0. The molecule has 0 saturated heterocycles. The van der Waals surface area contributed by atoms with Crippen molar-refractivity contribution in [3.05, 3.63) is 47.0 Å². The predicted molar refractivity (Wildman–Crippen MR) is 116 cm³/mol. The van der Waals surface area contributed by atoms with Gasteiger partial charge < -0.3 is 23.8 Å². The van der Waals surface area contributed by atoms with Gasteiger partial charge in [0.2, 0.25) is 5.75 Å². The number of ketones is 1. The van der Waals surface area contributed by atoms with E-state index in [0.717, 1.165) is 17.0 Å². The van der Waals surface area contributed by atoms with Crippen LogP contribution in [0.1, 0.15) is 29.8 Å². The fraction of sp³-hybridized carbons (Fsp3) is 0.348. The van der Waals surface area contributed by atoms with E-state index in [1.807, 2.05) is 50.2 Å². The Kier molecular flexibility index (Phi) is 7.53. The van der Waals surface area contributed by atoms with Crippen LogP contribution in [-0.2, 0) is 0 Å². The minimum absolute atomic E-state index is 0.150. The maximum Gasteiger partial charge on any atom is 0.204 e. The summed E-state index contributed by atoms with van der Waals surface area (Å²) in [6.45, 7) is 4.32. The zero-order valence-corrected chi connectivity index (χ0v) is 18.2. The summed E-state index contributed by atoms with van der Waals surface area (Å²) in [7, 11) is 8.47. The Morgan fingerprint density at radius 1 is 0.966 bits per heavy atom. The highest BCUT2D eigenvalue weighted by molar-refractivity contribution is 6.13. The molecule has 6 heteroatoms. The number of ether oxygens (including phenoxy) is 4. The average Bonchev–Trinajstić information content (AvgIpc) is 2.72. The number of rotatable bonds is 9. The molecule has 0 atom stereocenters. The third-order valence-corrected chi connectivity index (χ3v) is 4.45. The first-order valence-corrected chi connectivity index (χ1v) is 9.34. The second-order valence-electron chi connectivity index (χ2n) is 6.59. The molecule has 0 spiro atoms. The Balaban J connectivity index is 2.45. The van der Waals surface area contributed by atoms with Crippen LogP contribution in [0.25, 0.3) is 6.08 Å². The number of hydrogen-bond donors (Lipinski definition) is 0. The minimum atomic E-state index is -0.150. The van der Waals surface area contributed by atoms with E-state index in [-0.39, 0.29) is 5.78 Å². The van der Waals surface area contributed by atoms with Crippen molar-refractivity contribution in [1.82, 2.24) is 0 Å². The summed E-state index contributed by atoms with van der Waals surface area (Å²) in [6.07, 6.45) is 1.85. The first kappa shape index (κ1) is 22.1. The number of carbonyl (C=O) groups excluding carboxylic acids is 1. The van der Waals surface area contributed by atoms with Gasteiger partial charge in [-0.2, -0.15) is 0 Å². The quantitative estimate of drug-likeness (QED) is 0.458. The predicted octanol–water partition coefficient (Wildman–Crippen LogP) is 4.46. The second kappa shape index (κ2) is 9.87. The highest BCUT2D eigenvalue weighted by Crippen LogP contribution is 2.40. The Labute approximate surface area is 172 Å². The lowest BCUT2D eigenvalue weighted by Gasteiger charge is -2.18. The van der Waals surface area contributed by atoms with Gasteiger partial charge >= 0.3 is 0 Å². The van der Waals surface area contributed by atoms with Crippen molar-refractivity contribution >= 4 is 17.5 Å². The molecule has 6 nitrogen and oxygen atoms in total. The summed E-state index contributed by atoms with van der Waals surface area (Å²) >= 11 is 0. The lowest BCUT2D eigenvalue weighted by molar-refractivity contribution is 0.103. The average molecular weight is 399 g/mol. The number of Topliss-reactive ketones (excluding diaryl/α,β-unsaturated/α-hetero) is 1. The Morgan fingerprint density at radius 2 is 1.62 bits per heavy atom. The molecular formula is C23H29NO5. The van der Waals surface area contributed by atoms with Crippen molar-refractivity contribution in [1.29, 1.82) is 0 Å². The highest BCUT2D eigenvalue weighted by Gasteiger charge is 2.21. The molecule has 0 heterocycles. The molecule has 0 aromatic heterocycles. The van der Waals surface area contributed by atoms with Crippen LogP contribution in [0.15, 0.2) is 35.9 Å². The van der Waals surface area contributed by atoms with Crippen LogP contribution in [0.2, 0.25) is 0 Å². The van der Waals surface area contributed by atoms with E-state index in [4.69, 9.17) is 18.9 Å². The number of carbonyl (C=O) groups is 1. The molecule has 0 radical (unpaired) electrons. The Hall–Kier alpha value is -3.15. The molecule has 2 aromatic carbocycles. The van der Waals surface area contributed by atoms with E-state index in [9.17, 15) is 4.79 Å². The number of allylic oxidation sites excluding steroid dienone is 1. The summed E-state index contributed by atoms with van der Waals surface area (Å²) in [5, 5.41) is 0. The van der Waals surface area contributed by atoms with Crippen LogP contribution >= 0.6 is 0 Å². The maximum absolute atomic E-state index is 13.1. The van der Waals surface area contributed by atoms with Crippen molar-refractivity contribution in [2.24, 2.45) is 0 Å². The third-order valence-electron chi connectivity index (χ3n) is 4.45. The molecule has 0 N–H and O–H groups in total. The van der Waals surface area contributed by atoms with Crippen LogP contribution in [0.5, 0.6) is 23.0 Å². The zero-order valence-electron chi connectivity index (χ0n) is 18.2. The normalized spacial score (nSPS) is 11.1.